The van der Waals surface area contributed by atoms with E-state index in [4.69, 9.17) is 11.6 Å². The summed E-state index contributed by atoms with van der Waals surface area (Å²) in [4.78, 5) is 0. The molecule has 0 spiro atoms. The van der Waals surface area contributed by atoms with Crippen LogP contribution in [0.2, 0.25) is 5.02 Å². The molecule has 74 valence electrons. The van der Waals surface area contributed by atoms with Gasteiger partial charge >= 0.3 is 6.18 Å². The van der Waals surface area contributed by atoms with Crippen LogP contribution in [-0.2, 0) is 6.18 Å². The Hall–Kier alpha value is -1.30. The maximum atomic E-state index is 12.4. The fourth-order valence-corrected chi connectivity index (χ4v) is 1.30. The zero-order valence-corrected chi connectivity index (χ0v) is 7.34. The van der Waals surface area contributed by atoms with Gasteiger partial charge in [0.15, 0.2) is 5.65 Å². The highest BCUT2D eigenvalue weighted by Crippen LogP contribution is 2.30. The van der Waals surface area contributed by atoms with Gasteiger partial charge in [-0.3, -0.25) is 4.40 Å². The fraction of sp³-hybridized carbons (Fsp3) is 0.143. The largest absolute Gasteiger partial charge is 0.431 e. The predicted octanol–water partition coefficient (Wildman–Crippen LogP) is 2.40. The van der Waals surface area contributed by atoms with E-state index in [0.29, 0.717) is 0 Å². The maximum Gasteiger partial charge on any atom is 0.431 e. The number of aromatic nitrogens is 3. The molecule has 0 aromatic carbocycles. The molecule has 2 rings (SSSR count). The molecule has 0 aliphatic rings. The molecule has 0 saturated carbocycles. The number of halogens is 4. The third-order valence-corrected chi connectivity index (χ3v) is 1.99. The average molecular weight is 222 g/mol. The van der Waals surface area contributed by atoms with E-state index in [2.05, 4.69) is 10.2 Å². The van der Waals surface area contributed by atoms with Crippen LogP contribution < -0.4 is 0 Å². The van der Waals surface area contributed by atoms with Crippen molar-refractivity contribution < 1.29 is 13.2 Å². The molecule has 0 aliphatic heterocycles. The summed E-state index contributed by atoms with van der Waals surface area (Å²) in [6.07, 6.45) is -3.46. The van der Waals surface area contributed by atoms with E-state index in [9.17, 15) is 13.2 Å². The van der Waals surface area contributed by atoms with E-state index in [1.807, 2.05) is 0 Å². The predicted molar refractivity (Wildman–Crippen MR) is 43.0 cm³/mol. The van der Waals surface area contributed by atoms with Gasteiger partial charge in [0, 0.05) is 0 Å². The van der Waals surface area contributed by atoms with E-state index < -0.39 is 11.9 Å². The van der Waals surface area contributed by atoms with Crippen LogP contribution in [0.3, 0.4) is 0 Å². The van der Waals surface area contributed by atoms with Crippen LogP contribution in [0.1, 0.15) is 5.69 Å². The summed E-state index contributed by atoms with van der Waals surface area (Å²) < 4.78 is 38.0. The molecular weight excluding hydrogens is 219 g/mol. The first kappa shape index (κ1) is 9.26. The molecule has 2 aromatic heterocycles. The van der Waals surface area contributed by atoms with E-state index in [-0.39, 0.29) is 10.7 Å². The quantitative estimate of drug-likeness (QED) is 0.684. The molecule has 0 radical (unpaired) electrons. The van der Waals surface area contributed by atoms with E-state index in [1.54, 1.807) is 0 Å². The number of pyridine rings is 1. The highest BCUT2D eigenvalue weighted by atomic mass is 35.5. The van der Waals surface area contributed by atoms with Crippen molar-refractivity contribution in [2.75, 3.05) is 0 Å². The Balaban J connectivity index is 2.80. The first-order chi connectivity index (χ1) is 6.50. The van der Waals surface area contributed by atoms with Crippen LogP contribution in [0.4, 0.5) is 13.2 Å². The van der Waals surface area contributed by atoms with Gasteiger partial charge in [0.25, 0.3) is 0 Å². The number of alkyl halides is 3. The van der Waals surface area contributed by atoms with Crippen molar-refractivity contribution in [3.05, 3.63) is 29.2 Å². The zero-order valence-electron chi connectivity index (χ0n) is 6.59. The van der Waals surface area contributed by atoms with Gasteiger partial charge in [-0.15, -0.1) is 10.2 Å². The number of hydrogen-bond donors (Lipinski definition) is 0. The van der Waals surface area contributed by atoms with E-state index in [0.717, 1.165) is 22.9 Å². The van der Waals surface area contributed by atoms with E-state index in [1.165, 1.54) is 0 Å². The Morgan fingerprint density at radius 2 is 2.00 bits per heavy atom. The second kappa shape index (κ2) is 2.84. The van der Waals surface area contributed by atoms with Crippen molar-refractivity contribution in [1.29, 1.82) is 0 Å². The van der Waals surface area contributed by atoms with Crippen LogP contribution in [0, 0.1) is 0 Å². The summed E-state index contributed by atoms with van der Waals surface area (Å²) in [5, 5.41) is 6.97. The van der Waals surface area contributed by atoms with Crippen LogP contribution in [0.5, 0.6) is 0 Å². The molecule has 0 N–H and O–H groups in total. The molecular formula is C7H3ClF3N3. The molecule has 0 bridgehead atoms. The van der Waals surface area contributed by atoms with Crippen molar-refractivity contribution in [2.45, 2.75) is 6.18 Å². The minimum atomic E-state index is -4.44. The van der Waals surface area contributed by atoms with Gasteiger partial charge in [0.2, 0.25) is 0 Å². The minimum absolute atomic E-state index is 0.00138. The maximum absolute atomic E-state index is 12.4. The molecule has 0 saturated heterocycles. The van der Waals surface area contributed by atoms with Crippen molar-refractivity contribution in [3.63, 3.8) is 0 Å². The third-order valence-electron chi connectivity index (χ3n) is 1.70. The topological polar surface area (TPSA) is 30.2 Å². The van der Waals surface area contributed by atoms with Crippen molar-refractivity contribution >= 4 is 17.2 Å². The summed E-state index contributed by atoms with van der Waals surface area (Å²) in [5.74, 6) is 0. The van der Waals surface area contributed by atoms with Gasteiger partial charge in [-0.1, -0.05) is 11.6 Å². The lowest BCUT2D eigenvalue weighted by molar-refractivity contribution is -0.142. The van der Waals surface area contributed by atoms with Gasteiger partial charge in [-0.25, -0.2) is 0 Å². The molecule has 0 fully saturated rings. The fourth-order valence-electron chi connectivity index (χ4n) is 1.11. The standard InChI is InChI=1S/C7H3ClF3N3/c8-4-1-2-5(7(9,10)11)14-3-12-13-6(4)14/h1-3H. The van der Waals surface area contributed by atoms with Crippen molar-refractivity contribution in [2.24, 2.45) is 0 Å². The molecule has 2 heterocycles. The third kappa shape index (κ3) is 1.31. The average Bonchev–Trinajstić information content (AvgIpc) is 2.50. The van der Waals surface area contributed by atoms with Gasteiger partial charge in [0.1, 0.15) is 12.0 Å². The number of hydrogen-bond acceptors (Lipinski definition) is 2. The number of fused-ring (bicyclic) bond motifs is 1. The lowest BCUT2D eigenvalue weighted by Gasteiger charge is -2.08. The molecule has 0 atom stereocenters. The van der Waals surface area contributed by atoms with Gasteiger partial charge in [0.05, 0.1) is 5.02 Å². The van der Waals surface area contributed by atoms with E-state index >= 15 is 0 Å². The molecule has 14 heavy (non-hydrogen) atoms. The highest BCUT2D eigenvalue weighted by Gasteiger charge is 2.33. The highest BCUT2D eigenvalue weighted by molar-refractivity contribution is 6.33. The summed E-state index contributed by atoms with van der Waals surface area (Å²) in [6.45, 7) is 0. The normalized spacial score (nSPS) is 12.3. The monoisotopic (exact) mass is 221 g/mol. The summed E-state index contributed by atoms with van der Waals surface area (Å²) in [6, 6.07) is 2.03. The summed E-state index contributed by atoms with van der Waals surface area (Å²) >= 11 is 5.63. The van der Waals surface area contributed by atoms with Gasteiger partial charge < -0.3 is 0 Å². The first-order valence-electron chi connectivity index (χ1n) is 3.55. The SMILES string of the molecule is FC(F)(F)c1ccc(Cl)c2nncn12. The zero-order chi connectivity index (χ0) is 10.3. The van der Waals surface area contributed by atoms with Crippen LogP contribution >= 0.6 is 11.6 Å². The van der Waals surface area contributed by atoms with Crippen molar-refractivity contribution in [1.82, 2.24) is 14.6 Å². The Bertz CT molecular complexity index is 476. The minimum Gasteiger partial charge on any atom is -0.276 e. The molecule has 3 nitrogen and oxygen atoms in total. The van der Waals surface area contributed by atoms with Crippen molar-refractivity contribution in [3.8, 4) is 0 Å². The molecule has 2 aromatic rings. The number of nitrogens with zero attached hydrogens (tertiary/aromatic N) is 3. The summed E-state index contributed by atoms with van der Waals surface area (Å²) in [7, 11) is 0. The second-order valence-electron chi connectivity index (χ2n) is 2.59. The van der Waals surface area contributed by atoms with Crippen LogP contribution in [0.15, 0.2) is 18.5 Å². The Morgan fingerprint density at radius 3 is 2.64 bits per heavy atom. The van der Waals surface area contributed by atoms with Gasteiger partial charge in [-0.2, -0.15) is 13.2 Å². The van der Waals surface area contributed by atoms with Gasteiger partial charge in [-0.05, 0) is 12.1 Å². The molecule has 0 aliphatic carbocycles. The smallest absolute Gasteiger partial charge is 0.276 e. The van der Waals surface area contributed by atoms with Crippen LogP contribution in [-0.4, -0.2) is 14.6 Å². The summed E-state index contributed by atoms with van der Waals surface area (Å²) in [5.41, 5.74) is -0.844. The Morgan fingerprint density at radius 1 is 1.29 bits per heavy atom. The molecule has 0 amide bonds. The number of rotatable bonds is 0. The second-order valence-corrected chi connectivity index (χ2v) is 3.00. The van der Waals surface area contributed by atoms with Crippen LogP contribution in [0.25, 0.3) is 5.65 Å². The Kier molecular flexibility index (Phi) is 1.88. The molecule has 0 unspecified atom stereocenters. The Labute approximate surface area is 81.1 Å². The lowest BCUT2D eigenvalue weighted by atomic mass is 10.3. The molecule has 7 heteroatoms. The lowest BCUT2D eigenvalue weighted by Crippen LogP contribution is -2.10. The first-order valence-corrected chi connectivity index (χ1v) is 3.93.